The topological polar surface area (TPSA) is 67.8 Å². The Kier molecular flexibility index (Phi) is 6.19. The van der Waals surface area contributed by atoms with Gasteiger partial charge in [-0.15, -0.1) is 0 Å². The SMILES string of the molecule is O=C(Oc1ccc2ccccc2c1/C=N\NC(=O)c1ccccc1Br)c1ccccc1. The van der Waals surface area contributed by atoms with Gasteiger partial charge in [0.1, 0.15) is 5.75 Å². The molecule has 0 heterocycles. The zero-order valence-electron chi connectivity index (χ0n) is 16.3. The normalized spacial score (nSPS) is 10.9. The Morgan fingerprint density at radius 3 is 2.35 bits per heavy atom. The number of nitrogens with one attached hydrogen (secondary N) is 1. The van der Waals surface area contributed by atoms with Crippen LogP contribution >= 0.6 is 15.9 Å². The molecule has 0 fully saturated rings. The molecule has 0 spiro atoms. The summed E-state index contributed by atoms with van der Waals surface area (Å²) in [5.74, 6) is -0.471. The maximum atomic E-state index is 12.6. The van der Waals surface area contributed by atoms with Gasteiger partial charge >= 0.3 is 5.97 Å². The van der Waals surface area contributed by atoms with Gasteiger partial charge in [0.25, 0.3) is 5.91 Å². The fraction of sp³-hybridized carbons (Fsp3) is 0. The van der Waals surface area contributed by atoms with Crippen LogP contribution < -0.4 is 10.2 Å². The fourth-order valence-electron chi connectivity index (χ4n) is 3.09. The van der Waals surface area contributed by atoms with Crippen molar-refractivity contribution in [3.8, 4) is 5.75 Å². The second-order valence-corrected chi connectivity index (χ2v) is 7.49. The van der Waals surface area contributed by atoms with E-state index in [0.717, 1.165) is 10.8 Å². The van der Waals surface area contributed by atoms with Crippen LogP contribution in [0.25, 0.3) is 10.8 Å². The Hall–Kier alpha value is -3.77. The van der Waals surface area contributed by atoms with Crippen LogP contribution in [0.4, 0.5) is 0 Å². The number of fused-ring (bicyclic) bond motifs is 1. The predicted octanol–water partition coefficient (Wildman–Crippen LogP) is 5.59. The highest BCUT2D eigenvalue weighted by Crippen LogP contribution is 2.27. The molecule has 5 nitrogen and oxygen atoms in total. The molecule has 0 atom stereocenters. The lowest BCUT2D eigenvalue weighted by Gasteiger charge is -2.10. The number of benzene rings is 4. The van der Waals surface area contributed by atoms with Gasteiger partial charge in [-0.25, -0.2) is 10.2 Å². The van der Waals surface area contributed by atoms with Crippen molar-refractivity contribution in [3.05, 3.63) is 112 Å². The van der Waals surface area contributed by atoms with Crippen LogP contribution in [0.5, 0.6) is 5.75 Å². The first-order chi connectivity index (χ1) is 15.1. The first-order valence-electron chi connectivity index (χ1n) is 9.50. The van der Waals surface area contributed by atoms with Crippen LogP contribution in [-0.2, 0) is 0 Å². The summed E-state index contributed by atoms with van der Waals surface area (Å²) >= 11 is 3.36. The van der Waals surface area contributed by atoms with Crippen LogP contribution in [0.1, 0.15) is 26.3 Å². The molecule has 0 saturated heterocycles. The third kappa shape index (κ3) is 4.70. The molecule has 31 heavy (non-hydrogen) atoms. The van der Waals surface area contributed by atoms with Gasteiger partial charge < -0.3 is 4.74 Å². The van der Waals surface area contributed by atoms with Crippen molar-refractivity contribution < 1.29 is 14.3 Å². The molecule has 4 aromatic rings. The van der Waals surface area contributed by atoms with Gasteiger partial charge in [-0.3, -0.25) is 4.79 Å². The maximum absolute atomic E-state index is 12.6. The first-order valence-corrected chi connectivity index (χ1v) is 10.3. The van der Waals surface area contributed by atoms with E-state index in [0.29, 0.717) is 26.9 Å². The first kappa shape index (κ1) is 20.5. The van der Waals surface area contributed by atoms with Gasteiger partial charge in [-0.2, -0.15) is 5.10 Å². The van der Waals surface area contributed by atoms with Crippen molar-refractivity contribution in [2.24, 2.45) is 5.10 Å². The summed E-state index contributed by atoms with van der Waals surface area (Å²) in [6.45, 7) is 0. The number of halogens is 1. The highest BCUT2D eigenvalue weighted by molar-refractivity contribution is 9.10. The quantitative estimate of drug-likeness (QED) is 0.178. The lowest BCUT2D eigenvalue weighted by Crippen LogP contribution is -2.18. The molecular weight excluding hydrogens is 456 g/mol. The second kappa shape index (κ2) is 9.36. The minimum absolute atomic E-state index is 0.353. The van der Waals surface area contributed by atoms with Crippen molar-refractivity contribution in [1.29, 1.82) is 0 Å². The zero-order chi connectivity index (χ0) is 21.6. The number of amides is 1. The number of carbonyl (C=O) groups excluding carboxylic acids is 2. The van der Waals surface area contributed by atoms with Gasteiger partial charge in [0.2, 0.25) is 0 Å². The summed E-state index contributed by atoms with van der Waals surface area (Å²) in [4.78, 5) is 25.0. The largest absolute Gasteiger partial charge is 0.422 e. The van der Waals surface area contributed by atoms with Gasteiger partial charge in [0.15, 0.2) is 0 Å². The molecule has 0 unspecified atom stereocenters. The van der Waals surface area contributed by atoms with Crippen molar-refractivity contribution in [2.45, 2.75) is 0 Å². The number of nitrogens with zero attached hydrogens (tertiary/aromatic N) is 1. The molecule has 4 rings (SSSR count). The van der Waals surface area contributed by atoms with E-state index < -0.39 is 5.97 Å². The van der Waals surface area contributed by atoms with Crippen molar-refractivity contribution >= 4 is 44.8 Å². The third-order valence-electron chi connectivity index (χ3n) is 4.62. The summed E-state index contributed by atoms with van der Waals surface area (Å²) in [5.41, 5.74) is 4.03. The molecule has 0 aliphatic carbocycles. The molecule has 0 saturated carbocycles. The molecule has 0 bridgehead atoms. The summed E-state index contributed by atoms with van der Waals surface area (Å²) in [7, 11) is 0. The molecule has 0 aliphatic heterocycles. The molecule has 1 N–H and O–H groups in total. The Labute approximate surface area is 187 Å². The maximum Gasteiger partial charge on any atom is 0.343 e. The second-order valence-electron chi connectivity index (χ2n) is 6.63. The average Bonchev–Trinajstić information content (AvgIpc) is 2.81. The number of hydrogen-bond donors (Lipinski definition) is 1. The predicted molar refractivity (Wildman–Crippen MR) is 125 cm³/mol. The molecule has 1 amide bonds. The molecule has 6 heteroatoms. The van der Waals surface area contributed by atoms with Gasteiger partial charge in [-0.05, 0) is 57.0 Å². The van der Waals surface area contributed by atoms with E-state index in [-0.39, 0.29) is 5.91 Å². The van der Waals surface area contributed by atoms with Crippen LogP contribution in [-0.4, -0.2) is 18.1 Å². The molecule has 0 aliphatic rings. The lowest BCUT2D eigenvalue weighted by molar-refractivity contribution is 0.0734. The van der Waals surface area contributed by atoms with E-state index in [4.69, 9.17) is 4.74 Å². The van der Waals surface area contributed by atoms with E-state index >= 15 is 0 Å². The molecule has 0 radical (unpaired) electrons. The number of hydrogen-bond acceptors (Lipinski definition) is 4. The minimum Gasteiger partial charge on any atom is -0.422 e. The molecule has 0 aromatic heterocycles. The van der Waals surface area contributed by atoms with Crippen molar-refractivity contribution in [3.63, 3.8) is 0 Å². The van der Waals surface area contributed by atoms with E-state index in [1.54, 1.807) is 48.5 Å². The van der Waals surface area contributed by atoms with E-state index in [2.05, 4.69) is 26.5 Å². The average molecular weight is 473 g/mol. The molecule has 152 valence electrons. The smallest absolute Gasteiger partial charge is 0.343 e. The molecule has 4 aromatic carbocycles. The van der Waals surface area contributed by atoms with E-state index in [1.165, 1.54) is 6.21 Å². The van der Waals surface area contributed by atoms with Gasteiger partial charge in [0.05, 0.1) is 17.3 Å². The minimum atomic E-state index is -0.470. The Bertz CT molecular complexity index is 1290. The van der Waals surface area contributed by atoms with E-state index in [1.807, 2.05) is 42.5 Å². The van der Waals surface area contributed by atoms with Crippen LogP contribution in [0.15, 0.2) is 101 Å². The Morgan fingerprint density at radius 2 is 1.55 bits per heavy atom. The number of rotatable bonds is 5. The van der Waals surface area contributed by atoms with Gasteiger partial charge in [0, 0.05) is 10.0 Å². The third-order valence-corrected chi connectivity index (χ3v) is 5.31. The fourth-order valence-corrected chi connectivity index (χ4v) is 3.56. The highest BCUT2D eigenvalue weighted by Gasteiger charge is 2.14. The summed E-state index contributed by atoms with van der Waals surface area (Å²) < 4.78 is 6.32. The summed E-state index contributed by atoms with van der Waals surface area (Å²) in [6.07, 6.45) is 1.49. The Balaban J connectivity index is 1.64. The van der Waals surface area contributed by atoms with E-state index in [9.17, 15) is 9.59 Å². The standard InChI is InChI=1S/C25H17BrN2O3/c26-22-13-7-6-12-20(22)24(29)28-27-16-21-19-11-5-4-8-17(19)14-15-23(21)31-25(30)18-9-2-1-3-10-18/h1-16H,(H,28,29)/b27-16-. The summed E-state index contributed by atoms with van der Waals surface area (Å²) in [5, 5.41) is 5.92. The molecular formula is C25H17BrN2O3. The number of esters is 1. The lowest BCUT2D eigenvalue weighted by atomic mass is 10.0. The summed E-state index contributed by atoms with van der Waals surface area (Å²) in [6, 6.07) is 27.1. The van der Waals surface area contributed by atoms with Crippen molar-refractivity contribution in [2.75, 3.05) is 0 Å². The van der Waals surface area contributed by atoms with Crippen LogP contribution in [0.2, 0.25) is 0 Å². The van der Waals surface area contributed by atoms with Crippen molar-refractivity contribution in [1.82, 2.24) is 5.43 Å². The number of hydrazone groups is 1. The zero-order valence-corrected chi connectivity index (χ0v) is 17.9. The monoisotopic (exact) mass is 472 g/mol. The Morgan fingerprint density at radius 1 is 0.839 bits per heavy atom. The van der Waals surface area contributed by atoms with Crippen LogP contribution in [0.3, 0.4) is 0 Å². The van der Waals surface area contributed by atoms with Gasteiger partial charge in [-0.1, -0.05) is 60.7 Å². The van der Waals surface area contributed by atoms with Crippen LogP contribution in [0, 0.1) is 0 Å². The highest BCUT2D eigenvalue weighted by atomic mass is 79.9. The number of ether oxygens (including phenoxy) is 1. The number of carbonyl (C=O) groups is 2.